The molecule has 2 atom stereocenters. The molecule has 1 aliphatic heterocycles. The number of hydrogen-bond donors (Lipinski definition) is 1. The smallest absolute Gasteiger partial charge is 0.308 e. The van der Waals surface area contributed by atoms with Crippen LogP contribution in [0.5, 0.6) is 0 Å². The van der Waals surface area contributed by atoms with Gasteiger partial charge in [0, 0.05) is 13.1 Å². The molecular weight excluding hydrogens is 330 g/mol. The summed E-state index contributed by atoms with van der Waals surface area (Å²) < 4.78 is 23.9. The zero-order chi connectivity index (χ0) is 17.9. The first-order chi connectivity index (χ1) is 11.2. The Balaban J connectivity index is 2.12. The lowest BCUT2D eigenvalue weighted by atomic mass is 9.90. The number of aliphatic carboxylic acids is 1. The Labute approximate surface area is 142 Å². The molecule has 1 amide bonds. The van der Waals surface area contributed by atoms with Crippen LogP contribution in [-0.4, -0.2) is 49.1 Å². The number of amides is 1. The average Bonchev–Trinajstić information content (AvgIpc) is 2.54. The highest BCUT2D eigenvalue weighted by molar-refractivity contribution is 7.91. The van der Waals surface area contributed by atoms with E-state index in [0.29, 0.717) is 18.5 Å². The normalized spacial score (nSPS) is 21.5. The Morgan fingerprint density at radius 2 is 2.00 bits per heavy atom. The van der Waals surface area contributed by atoms with Crippen LogP contribution in [0.25, 0.3) is 0 Å². The summed E-state index contributed by atoms with van der Waals surface area (Å²) in [5, 5.41) is 9.19. The van der Waals surface area contributed by atoms with E-state index in [1.165, 1.54) is 12.1 Å². The third-order valence-electron chi connectivity index (χ3n) is 4.35. The lowest BCUT2D eigenvalue weighted by Gasteiger charge is -2.34. The number of likely N-dealkylation sites (tertiary alicyclic amines) is 1. The zero-order valence-corrected chi connectivity index (χ0v) is 14.8. The molecule has 1 saturated heterocycles. The van der Waals surface area contributed by atoms with Gasteiger partial charge in [-0.05, 0) is 30.0 Å². The van der Waals surface area contributed by atoms with Gasteiger partial charge in [0.05, 0.1) is 23.0 Å². The van der Waals surface area contributed by atoms with E-state index in [4.69, 9.17) is 0 Å². The van der Waals surface area contributed by atoms with Crippen LogP contribution in [0.4, 0.5) is 0 Å². The van der Waals surface area contributed by atoms with Crippen LogP contribution < -0.4 is 0 Å². The second-order valence-electron chi connectivity index (χ2n) is 6.40. The van der Waals surface area contributed by atoms with Gasteiger partial charge in [-0.15, -0.1) is 0 Å². The Morgan fingerprint density at radius 1 is 1.29 bits per heavy atom. The SMILES string of the molecule is CCS(=O)(=O)c1cccc(CC(=O)N2CC(C)CC(C(=O)O)C2)c1. The molecule has 132 valence electrons. The maximum Gasteiger partial charge on any atom is 0.308 e. The molecule has 7 heteroatoms. The van der Waals surface area contributed by atoms with Gasteiger partial charge in [-0.1, -0.05) is 26.0 Å². The second kappa shape index (κ2) is 7.34. The van der Waals surface area contributed by atoms with Crippen molar-refractivity contribution in [2.45, 2.75) is 31.6 Å². The van der Waals surface area contributed by atoms with Gasteiger partial charge in [0.1, 0.15) is 0 Å². The number of sulfone groups is 1. The number of rotatable bonds is 5. The van der Waals surface area contributed by atoms with E-state index in [1.54, 1.807) is 24.0 Å². The van der Waals surface area contributed by atoms with Crippen molar-refractivity contribution in [2.24, 2.45) is 11.8 Å². The van der Waals surface area contributed by atoms with E-state index >= 15 is 0 Å². The van der Waals surface area contributed by atoms with Crippen LogP contribution in [0.3, 0.4) is 0 Å². The fourth-order valence-electron chi connectivity index (χ4n) is 3.04. The summed E-state index contributed by atoms with van der Waals surface area (Å²) in [5.41, 5.74) is 0.625. The van der Waals surface area contributed by atoms with Gasteiger partial charge in [0.15, 0.2) is 9.84 Å². The molecule has 0 radical (unpaired) electrons. The van der Waals surface area contributed by atoms with Crippen molar-refractivity contribution in [1.29, 1.82) is 0 Å². The van der Waals surface area contributed by atoms with Crippen LogP contribution in [-0.2, 0) is 25.8 Å². The number of nitrogens with zero attached hydrogens (tertiary/aromatic N) is 1. The summed E-state index contributed by atoms with van der Waals surface area (Å²) in [6.45, 7) is 4.26. The number of benzene rings is 1. The maximum absolute atomic E-state index is 12.5. The van der Waals surface area contributed by atoms with Crippen molar-refractivity contribution in [1.82, 2.24) is 4.90 Å². The van der Waals surface area contributed by atoms with Crippen molar-refractivity contribution in [2.75, 3.05) is 18.8 Å². The summed E-state index contributed by atoms with van der Waals surface area (Å²) in [6, 6.07) is 6.40. The zero-order valence-electron chi connectivity index (χ0n) is 13.9. The van der Waals surface area contributed by atoms with E-state index < -0.39 is 21.7 Å². The highest BCUT2D eigenvalue weighted by Crippen LogP contribution is 2.23. The molecule has 0 aromatic heterocycles. The molecule has 6 nitrogen and oxygen atoms in total. The summed E-state index contributed by atoms with van der Waals surface area (Å²) in [7, 11) is -3.31. The fraction of sp³-hybridized carbons (Fsp3) is 0.529. The van der Waals surface area contributed by atoms with Gasteiger partial charge in [-0.2, -0.15) is 0 Å². The third-order valence-corrected chi connectivity index (χ3v) is 6.09. The van der Waals surface area contributed by atoms with Gasteiger partial charge < -0.3 is 10.0 Å². The van der Waals surface area contributed by atoms with E-state index in [1.807, 2.05) is 6.92 Å². The largest absolute Gasteiger partial charge is 0.481 e. The number of hydrogen-bond acceptors (Lipinski definition) is 4. The first kappa shape index (κ1) is 18.4. The van der Waals surface area contributed by atoms with Gasteiger partial charge in [0.2, 0.25) is 5.91 Å². The summed E-state index contributed by atoms with van der Waals surface area (Å²) >= 11 is 0. The molecule has 24 heavy (non-hydrogen) atoms. The average molecular weight is 353 g/mol. The van der Waals surface area contributed by atoms with Crippen LogP contribution >= 0.6 is 0 Å². The predicted octanol–water partition coefficient (Wildman–Crippen LogP) is 1.59. The Morgan fingerprint density at radius 3 is 2.62 bits per heavy atom. The standard InChI is InChI=1S/C17H23NO5S/c1-3-24(22,23)15-6-4-5-13(8-15)9-16(19)18-10-12(2)7-14(11-18)17(20)21/h4-6,8,12,14H,3,7,9-11H2,1-2H3,(H,20,21). The van der Waals surface area contributed by atoms with Gasteiger partial charge in [0.25, 0.3) is 0 Å². The van der Waals surface area contributed by atoms with Gasteiger partial charge in [-0.3, -0.25) is 9.59 Å². The molecule has 1 aromatic carbocycles. The fourth-order valence-corrected chi connectivity index (χ4v) is 3.99. The molecule has 1 aliphatic rings. The quantitative estimate of drug-likeness (QED) is 0.868. The lowest BCUT2D eigenvalue weighted by Crippen LogP contribution is -2.46. The molecule has 0 aliphatic carbocycles. The molecule has 1 N–H and O–H groups in total. The maximum atomic E-state index is 12.5. The first-order valence-electron chi connectivity index (χ1n) is 8.05. The van der Waals surface area contributed by atoms with E-state index in [0.717, 1.165) is 0 Å². The van der Waals surface area contributed by atoms with Crippen LogP contribution in [0, 0.1) is 11.8 Å². The summed E-state index contributed by atoms with van der Waals surface area (Å²) in [6.07, 6.45) is 0.648. The van der Waals surface area contributed by atoms with Crippen molar-refractivity contribution < 1.29 is 23.1 Å². The molecule has 0 spiro atoms. The molecule has 1 fully saturated rings. The number of carbonyl (C=O) groups excluding carboxylic acids is 1. The van der Waals surface area contributed by atoms with Crippen LogP contribution in [0.1, 0.15) is 25.8 Å². The molecule has 2 rings (SSSR count). The molecular formula is C17H23NO5S. The van der Waals surface area contributed by atoms with E-state index in [2.05, 4.69) is 0 Å². The first-order valence-corrected chi connectivity index (χ1v) is 9.70. The Bertz CT molecular complexity index is 728. The Hall–Kier alpha value is -1.89. The van der Waals surface area contributed by atoms with E-state index in [9.17, 15) is 23.1 Å². The van der Waals surface area contributed by atoms with Gasteiger partial charge in [-0.25, -0.2) is 8.42 Å². The van der Waals surface area contributed by atoms with Crippen LogP contribution in [0.2, 0.25) is 0 Å². The summed E-state index contributed by atoms with van der Waals surface area (Å²) in [5.74, 6) is -1.44. The highest BCUT2D eigenvalue weighted by Gasteiger charge is 2.31. The molecule has 0 bridgehead atoms. The van der Waals surface area contributed by atoms with E-state index in [-0.39, 0.29) is 35.4 Å². The third kappa shape index (κ3) is 4.35. The second-order valence-corrected chi connectivity index (χ2v) is 8.68. The lowest BCUT2D eigenvalue weighted by molar-refractivity contribution is -0.146. The molecule has 1 heterocycles. The number of carbonyl (C=O) groups is 2. The molecule has 2 unspecified atom stereocenters. The minimum absolute atomic E-state index is 0.00826. The van der Waals surface area contributed by atoms with Crippen molar-refractivity contribution in [3.8, 4) is 0 Å². The minimum atomic E-state index is -3.31. The topological polar surface area (TPSA) is 91.8 Å². The Kier molecular flexibility index (Phi) is 5.64. The molecule has 0 saturated carbocycles. The van der Waals surface area contributed by atoms with Gasteiger partial charge >= 0.3 is 5.97 Å². The van der Waals surface area contributed by atoms with Crippen molar-refractivity contribution in [3.63, 3.8) is 0 Å². The summed E-state index contributed by atoms with van der Waals surface area (Å²) in [4.78, 5) is 25.5. The van der Waals surface area contributed by atoms with Crippen LogP contribution in [0.15, 0.2) is 29.2 Å². The number of carboxylic acid groups (broad SMARTS) is 1. The highest BCUT2D eigenvalue weighted by atomic mass is 32.2. The molecule has 1 aromatic rings. The number of piperidine rings is 1. The van der Waals surface area contributed by atoms with Crippen molar-refractivity contribution >= 4 is 21.7 Å². The monoisotopic (exact) mass is 353 g/mol. The van der Waals surface area contributed by atoms with Crippen molar-refractivity contribution in [3.05, 3.63) is 29.8 Å². The minimum Gasteiger partial charge on any atom is -0.481 e. The number of carboxylic acids is 1. The predicted molar refractivity (Wildman–Crippen MR) is 89.4 cm³/mol.